The SMILES string of the molecule is COC(=O)[C@@H]1c2c(cnn2CCOS(C)(=O)=O)[C@@H]2CN1C(=O)N2OCc1ccccc1. The maximum Gasteiger partial charge on any atom is 0.345 e. The molecule has 2 aliphatic heterocycles. The van der Waals surface area contributed by atoms with Gasteiger partial charge in [0.05, 0.1) is 45.0 Å². The molecule has 0 unspecified atom stereocenters. The Kier molecular flexibility index (Phi) is 5.69. The fraction of sp³-hybridized carbons (Fsp3) is 0.421. The number of esters is 1. The third-order valence-electron chi connectivity index (χ3n) is 5.16. The lowest BCUT2D eigenvalue weighted by Gasteiger charge is -2.29. The minimum Gasteiger partial charge on any atom is -0.467 e. The number of aromatic nitrogens is 2. The quantitative estimate of drug-likeness (QED) is 0.431. The van der Waals surface area contributed by atoms with Crippen LogP contribution in [0.5, 0.6) is 0 Å². The van der Waals surface area contributed by atoms with E-state index in [0.29, 0.717) is 11.3 Å². The molecule has 4 rings (SSSR count). The van der Waals surface area contributed by atoms with Crippen molar-refractivity contribution < 1.29 is 31.8 Å². The van der Waals surface area contributed by atoms with Gasteiger partial charge in [0.1, 0.15) is 12.6 Å². The predicted molar refractivity (Wildman–Crippen MR) is 106 cm³/mol. The first-order chi connectivity index (χ1) is 14.8. The van der Waals surface area contributed by atoms with Crippen LogP contribution in [0.25, 0.3) is 0 Å². The molecule has 1 fully saturated rings. The summed E-state index contributed by atoms with van der Waals surface area (Å²) in [5, 5.41) is 5.55. The van der Waals surface area contributed by atoms with Crippen LogP contribution in [0.4, 0.5) is 4.79 Å². The third kappa shape index (κ3) is 4.13. The van der Waals surface area contributed by atoms with Gasteiger partial charge in [-0.25, -0.2) is 9.59 Å². The molecule has 0 aliphatic carbocycles. The summed E-state index contributed by atoms with van der Waals surface area (Å²) in [7, 11) is -2.38. The molecule has 12 heteroatoms. The molecule has 2 aromatic rings. The highest BCUT2D eigenvalue weighted by atomic mass is 32.2. The van der Waals surface area contributed by atoms with E-state index < -0.39 is 34.2 Å². The van der Waals surface area contributed by atoms with Gasteiger partial charge in [0.25, 0.3) is 10.1 Å². The van der Waals surface area contributed by atoms with Crippen molar-refractivity contribution in [1.29, 1.82) is 0 Å². The van der Waals surface area contributed by atoms with Gasteiger partial charge in [0, 0.05) is 5.56 Å². The van der Waals surface area contributed by atoms with Crippen molar-refractivity contribution >= 4 is 22.1 Å². The van der Waals surface area contributed by atoms with Gasteiger partial charge in [-0.15, -0.1) is 0 Å². The van der Waals surface area contributed by atoms with Crippen LogP contribution in [0.15, 0.2) is 36.5 Å². The minimum atomic E-state index is -3.62. The number of hydrogen-bond acceptors (Lipinski definition) is 8. The average Bonchev–Trinajstić information content (AvgIpc) is 3.27. The molecule has 0 saturated carbocycles. The summed E-state index contributed by atoms with van der Waals surface area (Å²) in [5.74, 6) is -0.622. The number of benzene rings is 1. The summed E-state index contributed by atoms with van der Waals surface area (Å²) in [6.45, 7) is 0.348. The molecule has 31 heavy (non-hydrogen) atoms. The van der Waals surface area contributed by atoms with E-state index >= 15 is 0 Å². The van der Waals surface area contributed by atoms with Crippen LogP contribution in [-0.2, 0) is 41.8 Å². The highest BCUT2D eigenvalue weighted by molar-refractivity contribution is 7.85. The van der Waals surface area contributed by atoms with E-state index in [2.05, 4.69) is 5.10 Å². The van der Waals surface area contributed by atoms with E-state index in [0.717, 1.165) is 11.8 Å². The van der Waals surface area contributed by atoms with E-state index in [1.807, 2.05) is 30.3 Å². The molecule has 166 valence electrons. The molecule has 2 atom stereocenters. The van der Waals surface area contributed by atoms with E-state index in [4.69, 9.17) is 13.8 Å². The Bertz CT molecular complexity index is 1090. The standard InChI is InChI=1S/C19H22N4O7S/c1-28-18(24)17-16-14(10-20-22(16)8-9-30-31(2,26)27)15-11-21(17)19(25)23(15)29-12-13-6-4-3-5-7-13/h3-7,10,15,17H,8-9,11-12H2,1-2H3/t15-,17-/m0/s1. The molecule has 1 aromatic carbocycles. The number of amides is 2. The number of hydrogen-bond donors (Lipinski definition) is 0. The van der Waals surface area contributed by atoms with Gasteiger partial charge < -0.3 is 9.64 Å². The molecule has 11 nitrogen and oxygen atoms in total. The van der Waals surface area contributed by atoms with E-state index in [9.17, 15) is 18.0 Å². The molecular formula is C19H22N4O7S. The lowest BCUT2D eigenvalue weighted by Crippen LogP contribution is -2.40. The van der Waals surface area contributed by atoms with Gasteiger partial charge in [0.15, 0.2) is 6.04 Å². The fourth-order valence-electron chi connectivity index (χ4n) is 3.82. The Hall–Kier alpha value is -2.96. The van der Waals surface area contributed by atoms with Gasteiger partial charge in [0.2, 0.25) is 0 Å². The minimum absolute atomic E-state index is 0.0789. The molecule has 3 heterocycles. The molecule has 2 bridgehead atoms. The van der Waals surface area contributed by atoms with Crippen LogP contribution in [0, 0.1) is 0 Å². The van der Waals surface area contributed by atoms with Crippen molar-refractivity contribution in [2.45, 2.75) is 25.2 Å². The van der Waals surface area contributed by atoms with Gasteiger partial charge in [-0.1, -0.05) is 30.3 Å². The van der Waals surface area contributed by atoms with Crippen LogP contribution < -0.4 is 0 Å². The highest BCUT2D eigenvalue weighted by Crippen LogP contribution is 2.44. The maximum atomic E-state index is 13.0. The van der Waals surface area contributed by atoms with Crippen LogP contribution >= 0.6 is 0 Å². The second kappa shape index (κ2) is 8.29. The lowest BCUT2D eigenvalue weighted by atomic mass is 9.98. The number of hydroxylamine groups is 2. The molecular weight excluding hydrogens is 428 g/mol. The van der Waals surface area contributed by atoms with E-state index in [1.165, 1.54) is 21.8 Å². The third-order valence-corrected chi connectivity index (χ3v) is 5.76. The van der Waals surface area contributed by atoms with Gasteiger partial charge in [-0.3, -0.25) is 13.7 Å². The Morgan fingerprint density at radius 2 is 2.00 bits per heavy atom. The molecule has 0 spiro atoms. The van der Waals surface area contributed by atoms with Crippen molar-refractivity contribution in [3.05, 3.63) is 53.3 Å². The van der Waals surface area contributed by atoms with Gasteiger partial charge >= 0.3 is 12.0 Å². The van der Waals surface area contributed by atoms with Crippen molar-refractivity contribution in [3.8, 4) is 0 Å². The molecule has 1 aromatic heterocycles. The number of methoxy groups -OCH3 is 1. The number of fused-ring (bicyclic) bond motifs is 4. The number of ether oxygens (including phenoxy) is 1. The monoisotopic (exact) mass is 450 g/mol. The fourth-order valence-corrected chi connectivity index (χ4v) is 4.20. The normalized spacial score (nSPS) is 20.1. The maximum absolute atomic E-state index is 13.0. The summed E-state index contributed by atoms with van der Waals surface area (Å²) in [6.07, 6.45) is 2.51. The van der Waals surface area contributed by atoms with Crippen LogP contribution in [0.1, 0.15) is 28.9 Å². The summed E-state index contributed by atoms with van der Waals surface area (Å²) in [6, 6.07) is 7.47. The van der Waals surface area contributed by atoms with Crippen molar-refractivity contribution in [2.75, 3.05) is 26.5 Å². The zero-order valence-electron chi connectivity index (χ0n) is 17.0. The first kappa shape index (κ1) is 21.3. The average molecular weight is 450 g/mol. The van der Waals surface area contributed by atoms with Crippen molar-refractivity contribution in [2.24, 2.45) is 0 Å². The zero-order valence-corrected chi connectivity index (χ0v) is 17.8. The van der Waals surface area contributed by atoms with E-state index in [1.54, 1.807) is 6.20 Å². The second-order valence-electron chi connectivity index (χ2n) is 7.20. The largest absolute Gasteiger partial charge is 0.467 e. The van der Waals surface area contributed by atoms with Crippen LogP contribution in [0.3, 0.4) is 0 Å². The van der Waals surface area contributed by atoms with Crippen molar-refractivity contribution in [3.63, 3.8) is 0 Å². The summed E-state index contributed by atoms with van der Waals surface area (Å²) in [4.78, 5) is 32.8. The van der Waals surface area contributed by atoms with E-state index in [-0.39, 0.29) is 26.3 Å². The lowest BCUT2D eigenvalue weighted by molar-refractivity contribution is -0.146. The number of nitrogens with zero attached hydrogens (tertiary/aromatic N) is 4. The predicted octanol–water partition coefficient (Wildman–Crippen LogP) is 0.998. The second-order valence-corrected chi connectivity index (χ2v) is 8.84. The molecule has 1 saturated heterocycles. The van der Waals surface area contributed by atoms with Crippen LogP contribution in [-0.4, -0.2) is 66.7 Å². The molecule has 0 N–H and O–H groups in total. The Labute approximate surface area is 179 Å². The smallest absolute Gasteiger partial charge is 0.345 e. The first-order valence-corrected chi connectivity index (χ1v) is 11.4. The summed E-state index contributed by atoms with van der Waals surface area (Å²) < 4.78 is 33.7. The molecule has 2 aliphatic rings. The highest BCUT2D eigenvalue weighted by Gasteiger charge is 2.53. The topological polar surface area (TPSA) is 120 Å². The Morgan fingerprint density at radius 3 is 2.68 bits per heavy atom. The van der Waals surface area contributed by atoms with Gasteiger partial charge in [-0.2, -0.15) is 18.6 Å². The number of carbonyl (C=O) groups excluding carboxylic acids is 2. The number of rotatable bonds is 8. The molecule has 0 radical (unpaired) electrons. The van der Waals surface area contributed by atoms with Gasteiger partial charge in [-0.05, 0) is 5.56 Å². The van der Waals surface area contributed by atoms with Crippen LogP contribution in [0.2, 0.25) is 0 Å². The number of carbonyl (C=O) groups is 2. The number of urea groups is 1. The zero-order chi connectivity index (χ0) is 22.2. The Morgan fingerprint density at radius 1 is 1.26 bits per heavy atom. The first-order valence-electron chi connectivity index (χ1n) is 9.54. The van der Waals surface area contributed by atoms with Crippen molar-refractivity contribution in [1.82, 2.24) is 19.7 Å². The summed E-state index contributed by atoms with van der Waals surface area (Å²) in [5.41, 5.74) is 1.99. The molecule has 2 amide bonds. The summed E-state index contributed by atoms with van der Waals surface area (Å²) >= 11 is 0. The Balaban J connectivity index is 1.62.